The Morgan fingerprint density at radius 2 is 1.84 bits per heavy atom. The van der Waals surface area contributed by atoms with Gasteiger partial charge in [0, 0.05) is 16.5 Å². The highest BCUT2D eigenvalue weighted by atomic mass is 32.2. The number of aromatic nitrogens is 2. The molecule has 4 rings (SSSR count). The lowest BCUT2D eigenvalue weighted by Gasteiger charge is -2.15. The molecule has 0 fully saturated rings. The van der Waals surface area contributed by atoms with Gasteiger partial charge in [-0.05, 0) is 17.7 Å². The number of ketones is 1. The SMILES string of the molecule is COC(=O)CC(Sc1ncnc2scc(-c3ccc(F)cc3)c12)C(=O)c1ccccc1. The summed E-state index contributed by atoms with van der Waals surface area (Å²) < 4.78 is 18.2. The summed E-state index contributed by atoms with van der Waals surface area (Å²) in [5.74, 6) is -0.974. The molecule has 1 unspecified atom stereocenters. The van der Waals surface area contributed by atoms with Crippen LogP contribution in [0.1, 0.15) is 16.8 Å². The number of Topliss-reactive ketones (excluding diaryl/α,β-unsaturated/α-hetero) is 1. The third kappa shape index (κ3) is 4.65. The molecule has 8 heteroatoms. The molecule has 2 aromatic carbocycles. The lowest BCUT2D eigenvalue weighted by atomic mass is 10.1. The van der Waals surface area contributed by atoms with Gasteiger partial charge in [-0.1, -0.05) is 54.2 Å². The lowest BCUT2D eigenvalue weighted by molar-refractivity contribution is -0.140. The van der Waals surface area contributed by atoms with Gasteiger partial charge in [0.25, 0.3) is 0 Å². The highest BCUT2D eigenvalue weighted by molar-refractivity contribution is 8.00. The first-order chi connectivity index (χ1) is 15.1. The fraction of sp³-hybridized carbons (Fsp3) is 0.130. The molecular formula is C23H17FN2O3S2. The van der Waals surface area contributed by atoms with Crippen molar-refractivity contribution in [1.29, 1.82) is 0 Å². The van der Waals surface area contributed by atoms with Crippen LogP contribution in [0, 0.1) is 5.82 Å². The van der Waals surface area contributed by atoms with Gasteiger partial charge in [-0.25, -0.2) is 14.4 Å². The molecule has 0 radical (unpaired) electrons. The van der Waals surface area contributed by atoms with Crippen LogP contribution in [0.3, 0.4) is 0 Å². The van der Waals surface area contributed by atoms with E-state index >= 15 is 0 Å². The number of nitrogens with zero attached hydrogens (tertiary/aromatic N) is 2. The van der Waals surface area contributed by atoms with Crippen molar-refractivity contribution in [3.8, 4) is 11.1 Å². The van der Waals surface area contributed by atoms with E-state index in [0.29, 0.717) is 10.6 Å². The van der Waals surface area contributed by atoms with E-state index in [9.17, 15) is 14.0 Å². The number of carbonyl (C=O) groups excluding carboxylic acids is 2. The van der Waals surface area contributed by atoms with Crippen molar-refractivity contribution >= 4 is 45.1 Å². The normalized spacial score (nSPS) is 11.9. The van der Waals surface area contributed by atoms with Crippen LogP contribution in [0.4, 0.5) is 4.39 Å². The zero-order valence-corrected chi connectivity index (χ0v) is 18.1. The summed E-state index contributed by atoms with van der Waals surface area (Å²) in [6.45, 7) is 0. The van der Waals surface area contributed by atoms with Crippen molar-refractivity contribution in [2.75, 3.05) is 7.11 Å². The Kier molecular flexibility index (Phi) is 6.39. The molecule has 0 saturated heterocycles. The first-order valence-electron chi connectivity index (χ1n) is 9.37. The maximum absolute atomic E-state index is 13.4. The molecule has 156 valence electrons. The highest BCUT2D eigenvalue weighted by Crippen LogP contribution is 2.40. The standard InChI is InChI=1S/C23H17FN2O3S2/c1-29-19(27)11-18(21(28)15-5-3-2-4-6-15)31-23-20-17(12-30-22(20)25-13-26-23)14-7-9-16(24)10-8-14/h2-10,12-13,18H,11H2,1H3. The molecule has 0 saturated carbocycles. The molecule has 1 atom stereocenters. The summed E-state index contributed by atoms with van der Waals surface area (Å²) >= 11 is 2.66. The topological polar surface area (TPSA) is 69.2 Å². The predicted molar refractivity (Wildman–Crippen MR) is 120 cm³/mol. The summed E-state index contributed by atoms with van der Waals surface area (Å²) in [6, 6.07) is 15.0. The molecule has 5 nitrogen and oxygen atoms in total. The highest BCUT2D eigenvalue weighted by Gasteiger charge is 2.27. The Morgan fingerprint density at radius 3 is 2.55 bits per heavy atom. The molecule has 0 spiro atoms. The molecule has 0 amide bonds. The van der Waals surface area contributed by atoms with Gasteiger partial charge in [-0.3, -0.25) is 9.59 Å². The molecule has 0 aliphatic carbocycles. The second-order valence-corrected chi connectivity index (χ2v) is 8.68. The Bertz CT molecular complexity index is 1230. The van der Waals surface area contributed by atoms with Gasteiger partial charge in [-0.15, -0.1) is 11.3 Å². The van der Waals surface area contributed by atoms with E-state index in [1.165, 1.54) is 48.7 Å². The second kappa shape index (κ2) is 9.36. The van der Waals surface area contributed by atoms with Gasteiger partial charge in [0.2, 0.25) is 0 Å². The Morgan fingerprint density at radius 1 is 1.10 bits per heavy atom. The van der Waals surface area contributed by atoms with E-state index in [2.05, 4.69) is 9.97 Å². The van der Waals surface area contributed by atoms with Gasteiger partial charge in [0.15, 0.2) is 5.78 Å². The van der Waals surface area contributed by atoms with Crippen LogP contribution in [0.15, 0.2) is 71.3 Å². The number of esters is 1. The minimum absolute atomic E-state index is 0.0869. The van der Waals surface area contributed by atoms with Crippen LogP contribution in [0.2, 0.25) is 0 Å². The van der Waals surface area contributed by atoms with Gasteiger partial charge < -0.3 is 4.74 Å². The number of benzene rings is 2. The molecule has 2 aromatic heterocycles. The number of carbonyl (C=O) groups is 2. The number of thioether (sulfide) groups is 1. The summed E-state index contributed by atoms with van der Waals surface area (Å²) in [6.07, 6.45) is 1.36. The van der Waals surface area contributed by atoms with Crippen LogP contribution in [0.5, 0.6) is 0 Å². The van der Waals surface area contributed by atoms with Crippen LogP contribution < -0.4 is 0 Å². The molecule has 0 aliphatic rings. The second-order valence-electron chi connectivity index (χ2n) is 6.63. The minimum Gasteiger partial charge on any atom is -0.469 e. The molecule has 0 aliphatic heterocycles. The van der Waals surface area contributed by atoms with Gasteiger partial charge >= 0.3 is 5.97 Å². The fourth-order valence-corrected chi connectivity index (χ4v) is 5.27. The lowest BCUT2D eigenvalue weighted by Crippen LogP contribution is -2.22. The molecule has 0 bridgehead atoms. The summed E-state index contributed by atoms with van der Waals surface area (Å²) in [5.41, 5.74) is 2.19. The van der Waals surface area contributed by atoms with Crippen molar-refractivity contribution in [2.24, 2.45) is 0 Å². The Labute approximate surface area is 186 Å². The average molecular weight is 453 g/mol. The van der Waals surface area contributed by atoms with E-state index < -0.39 is 11.2 Å². The Hall–Kier alpha value is -3.10. The first-order valence-corrected chi connectivity index (χ1v) is 11.1. The van der Waals surface area contributed by atoms with Crippen LogP contribution in [-0.2, 0) is 9.53 Å². The largest absolute Gasteiger partial charge is 0.469 e. The predicted octanol–water partition coefficient (Wildman–Crippen LogP) is 5.40. The van der Waals surface area contributed by atoms with Gasteiger partial charge in [0.1, 0.15) is 22.0 Å². The molecule has 31 heavy (non-hydrogen) atoms. The third-order valence-electron chi connectivity index (χ3n) is 4.68. The van der Waals surface area contributed by atoms with E-state index in [1.54, 1.807) is 36.4 Å². The average Bonchev–Trinajstić information content (AvgIpc) is 3.24. The first kappa shape index (κ1) is 21.1. The number of hydrogen-bond donors (Lipinski definition) is 0. The maximum atomic E-state index is 13.4. The zero-order valence-electron chi connectivity index (χ0n) is 16.4. The summed E-state index contributed by atoms with van der Waals surface area (Å²) in [5, 5.41) is 2.59. The van der Waals surface area contributed by atoms with Gasteiger partial charge in [-0.2, -0.15) is 0 Å². The minimum atomic E-state index is -0.714. The maximum Gasteiger partial charge on any atom is 0.307 e. The number of ether oxygens (including phenoxy) is 1. The van der Waals surface area contributed by atoms with E-state index in [4.69, 9.17) is 4.74 Å². The van der Waals surface area contributed by atoms with Crippen molar-refractivity contribution in [3.63, 3.8) is 0 Å². The summed E-state index contributed by atoms with van der Waals surface area (Å²) in [7, 11) is 1.30. The van der Waals surface area contributed by atoms with Crippen molar-refractivity contribution in [3.05, 3.63) is 77.7 Å². The van der Waals surface area contributed by atoms with Crippen molar-refractivity contribution in [2.45, 2.75) is 16.7 Å². The number of thiophene rings is 1. The van der Waals surface area contributed by atoms with E-state index in [0.717, 1.165) is 21.3 Å². The van der Waals surface area contributed by atoms with Crippen LogP contribution >= 0.6 is 23.1 Å². The zero-order chi connectivity index (χ0) is 21.8. The number of halogens is 1. The molecular weight excluding hydrogens is 435 g/mol. The van der Waals surface area contributed by atoms with E-state index in [1.807, 2.05) is 11.4 Å². The number of methoxy groups -OCH3 is 1. The van der Waals surface area contributed by atoms with Crippen LogP contribution in [-0.4, -0.2) is 34.1 Å². The summed E-state index contributed by atoms with van der Waals surface area (Å²) in [4.78, 5) is 34.7. The van der Waals surface area contributed by atoms with Crippen molar-refractivity contribution < 1.29 is 18.7 Å². The number of hydrogen-bond acceptors (Lipinski definition) is 7. The molecule has 0 N–H and O–H groups in total. The molecule has 4 aromatic rings. The van der Waals surface area contributed by atoms with Crippen LogP contribution in [0.25, 0.3) is 21.3 Å². The molecule has 2 heterocycles. The van der Waals surface area contributed by atoms with Gasteiger partial charge in [0.05, 0.1) is 24.2 Å². The monoisotopic (exact) mass is 452 g/mol. The fourth-order valence-electron chi connectivity index (χ4n) is 3.12. The smallest absolute Gasteiger partial charge is 0.307 e. The van der Waals surface area contributed by atoms with Crippen molar-refractivity contribution in [1.82, 2.24) is 9.97 Å². The number of fused-ring (bicyclic) bond motifs is 1. The van der Waals surface area contributed by atoms with E-state index in [-0.39, 0.29) is 18.0 Å². The number of rotatable bonds is 7. The third-order valence-corrected chi connectivity index (χ3v) is 6.76. The quantitative estimate of drug-likeness (QED) is 0.162. The Balaban J connectivity index is 1.75.